The molecule has 2 aliphatic rings. The molecule has 204 valence electrons. The van der Waals surface area contributed by atoms with Gasteiger partial charge >= 0.3 is 5.97 Å². The lowest BCUT2D eigenvalue weighted by Gasteiger charge is -2.30. The molecule has 0 bridgehead atoms. The summed E-state index contributed by atoms with van der Waals surface area (Å²) >= 11 is 0. The van der Waals surface area contributed by atoms with Crippen molar-refractivity contribution in [3.63, 3.8) is 0 Å². The number of ether oxygens (including phenoxy) is 1. The van der Waals surface area contributed by atoms with Gasteiger partial charge in [-0.05, 0) is 68.0 Å². The molecule has 0 radical (unpaired) electrons. The summed E-state index contributed by atoms with van der Waals surface area (Å²) in [7, 11) is 1.89. The average Bonchev–Trinajstić information content (AvgIpc) is 3.55. The van der Waals surface area contributed by atoms with Crippen LogP contribution in [0, 0.1) is 5.92 Å². The number of carboxylic acids is 1. The Morgan fingerprint density at radius 2 is 1.87 bits per heavy atom. The fourth-order valence-electron chi connectivity index (χ4n) is 6.28. The molecule has 2 fully saturated rings. The number of fused-ring (bicyclic) bond motifs is 1. The highest BCUT2D eigenvalue weighted by Crippen LogP contribution is 2.39. The molecule has 1 unspecified atom stereocenters. The van der Waals surface area contributed by atoms with Gasteiger partial charge in [0.05, 0.1) is 22.6 Å². The van der Waals surface area contributed by atoms with Crippen LogP contribution in [0.1, 0.15) is 67.9 Å². The lowest BCUT2D eigenvalue weighted by molar-refractivity contribution is -0.143. The zero-order valence-electron chi connectivity index (χ0n) is 22.6. The van der Waals surface area contributed by atoms with E-state index < -0.39 is 11.9 Å². The maximum atomic E-state index is 12.2. The maximum absolute atomic E-state index is 12.2. The summed E-state index contributed by atoms with van der Waals surface area (Å²) in [5, 5.41) is 14.5. The van der Waals surface area contributed by atoms with Crippen molar-refractivity contribution >= 4 is 22.7 Å². The molecule has 6 rings (SSSR count). The monoisotopic (exact) mass is 527 g/mol. The van der Waals surface area contributed by atoms with Crippen LogP contribution in [-0.2, 0) is 25.0 Å². The molecule has 0 spiro atoms. The lowest BCUT2D eigenvalue weighted by Crippen LogP contribution is -2.29. The summed E-state index contributed by atoms with van der Waals surface area (Å²) in [5.74, 6) is 0.397. The van der Waals surface area contributed by atoms with E-state index in [0.717, 1.165) is 60.7 Å². The van der Waals surface area contributed by atoms with Gasteiger partial charge in [-0.25, -0.2) is 4.98 Å². The van der Waals surface area contributed by atoms with Crippen molar-refractivity contribution in [2.45, 2.75) is 64.0 Å². The molecule has 1 saturated heterocycles. The molecule has 2 atom stereocenters. The minimum atomic E-state index is -0.718. The Balaban J connectivity index is 1.37. The van der Waals surface area contributed by atoms with Crippen LogP contribution in [0.15, 0.2) is 54.7 Å². The molecule has 8 nitrogen and oxygen atoms in total. The van der Waals surface area contributed by atoms with Crippen molar-refractivity contribution in [3.05, 3.63) is 71.8 Å². The topological polar surface area (TPSA) is 85.4 Å². The first-order valence-corrected chi connectivity index (χ1v) is 14.2. The third-order valence-electron chi connectivity index (χ3n) is 8.29. The third-order valence-corrected chi connectivity index (χ3v) is 8.29. The number of aromatic nitrogens is 4. The molecule has 3 heterocycles. The van der Waals surface area contributed by atoms with Gasteiger partial charge in [0.15, 0.2) is 0 Å². The second-order valence-electron chi connectivity index (χ2n) is 11.0. The number of hydrogen-bond donors (Lipinski definition) is 1. The van der Waals surface area contributed by atoms with Crippen molar-refractivity contribution in [2.24, 2.45) is 13.0 Å². The molecule has 1 aliphatic heterocycles. The van der Waals surface area contributed by atoms with E-state index in [9.17, 15) is 9.90 Å². The Bertz CT molecular complexity index is 1450. The Labute approximate surface area is 229 Å². The van der Waals surface area contributed by atoms with Gasteiger partial charge < -0.3 is 19.3 Å². The predicted octanol–water partition coefficient (Wildman–Crippen LogP) is 5.75. The zero-order valence-corrected chi connectivity index (χ0v) is 22.6. The number of nitrogens with zero attached hydrogens (tertiary/aromatic N) is 5. The second kappa shape index (κ2) is 11.1. The molecule has 2 aromatic carbocycles. The van der Waals surface area contributed by atoms with Gasteiger partial charge in [0.25, 0.3) is 0 Å². The van der Waals surface area contributed by atoms with Gasteiger partial charge in [0.2, 0.25) is 0 Å². The van der Waals surface area contributed by atoms with Crippen molar-refractivity contribution in [3.8, 4) is 5.75 Å². The van der Waals surface area contributed by atoms with E-state index in [1.807, 2.05) is 37.5 Å². The average molecular weight is 528 g/mol. The minimum Gasteiger partial charge on any atom is -0.487 e. The molecular weight excluding hydrogens is 490 g/mol. The smallest absolute Gasteiger partial charge is 0.307 e. The molecule has 0 amide bonds. The van der Waals surface area contributed by atoms with Crippen molar-refractivity contribution in [1.29, 1.82) is 0 Å². The summed E-state index contributed by atoms with van der Waals surface area (Å²) in [5.41, 5.74) is 5.17. The first-order valence-electron chi connectivity index (χ1n) is 14.2. The van der Waals surface area contributed by atoms with Gasteiger partial charge in [-0.15, -0.1) is 0 Å². The van der Waals surface area contributed by atoms with Gasteiger partial charge in [-0.2, -0.15) is 5.10 Å². The fraction of sp³-hybridized carbons (Fsp3) is 0.452. The van der Waals surface area contributed by atoms with Gasteiger partial charge in [0, 0.05) is 50.6 Å². The van der Waals surface area contributed by atoms with Crippen LogP contribution in [0.2, 0.25) is 0 Å². The molecule has 1 N–H and O–H groups in total. The Morgan fingerprint density at radius 1 is 1.03 bits per heavy atom. The number of benzene rings is 2. The van der Waals surface area contributed by atoms with E-state index in [-0.39, 0.29) is 5.92 Å². The van der Waals surface area contributed by atoms with Crippen LogP contribution in [0.25, 0.3) is 11.0 Å². The first kappa shape index (κ1) is 25.5. The minimum absolute atomic E-state index is 0.105. The number of imidazole rings is 1. The second-order valence-corrected chi connectivity index (χ2v) is 11.0. The number of rotatable bonds is 8. The standard InChI is InChI=1S/C31H37N5O3/c1-34-17-14-23(33-34)21-39-25-12-13-28-29(19-25)36(30(32-28)26-10-3-4-11-27(26)31(37)38)20-22-8-7-9-24(18-22)35-15-5-2-6-16-35/h7-9,12-14,17-19,26-27H,2-6,10-11,15-16,20-21H2,1H3,(H,37,38)/t26-,27?/m0/s1. The number of anilines is 1. The highest BCUT2D eigenvalue weighted by Gasteiger charge is 2.35. The van der Waals surface area contributed by atoms with Gasteiger partial charge in [-0.3, -0.25) is 9.48 Å². The molecule has 1 saturated carbocycles. The van der Waals surface area contributed by atoms with Crippen LogP contribution in [-0.4, -0.2) is 43.5 Å². The number of hydrogen-bond acceptors (Lipinski definition) is 5. The highest BCUT2D eigenvalue weighted by molar-refractivity contribution is 5.79. The normalized spacial score (nSPS) is 19.9. The molecular formula is C31H37N5O3. The van der Waals surface area contributed by atoms with E-state index in [0.29, 0.717) is 19.6 Å². The fourth-order valence-corrected chi connectivity index (χ4v) is 6.28. The summed E-state index contributed by atoms with van der Waals surface area (Å²) in [6.45, 7) is 3.22. The summed E-state index contributed by atoms with van der Waals surface area (Å²) < 4.78 is 10.1. The van der Waals surface area contributed by atoms with E-state index in [4.69, 9.17) is 9.72 Å². The first-order chi connectivity index (χ1) is 19.0. The zero-order chi connectivity index (χ0) is 26.8. The van der Waals surface area contributed by atoms with Gasteiger partial charge in [-0.1, -0.05) is 25.0 Å². The van der Waals surface area contributed by atoms with Crippen LogP contribution < -0.4 is 9.64 Å². The molecule has 4 aromatic rings. The Morgan fingerprint density at radius 3 is 2.67 bits per heavy atom. The van der Waals surface area contributed by atoms with Crippen LogP contribution >= 0.6 is 0 Å². The van der Waals surface area contributed by atoms with Crippen molar-refractivity contribution in [2.75, 3.05) is 18.0 Å². The number of carbonyl (C=O) groups is 1. The van der Waals surface area contributed by atoms with Crippen LogP contribution in [0.4, 0.5) is 5.69 Å². The largest absolute Gasteiger partial charge is 0.487 e. The summed E-state index contributed by atoms with van der Waals surface area (Å²) in [4.78, 5) is 19.8. The van der Waals surface area contributed by atoms with E-state index in [1.54, 1.807) is 4.68 Å². The number of piperidine rings is 1. The highest BCUT2D eigenvalue weighted by atomic mass is 16.5. The maximum Gasteiger partial charge on any atom is 0.307 e. The Kier molecular flexibility index (Phi) is 7.26. The summed E-state index contributed by atoms with van der Waals surface area (Å²) in [6.07, 6.45) is 9.21. The number of aliphatic carboxylic acids is 1. The quantitative estimate of drug-likeness (QED) is 0.314. The molecule has 1 aliphatic carbocycles. The van der Waals surface area contributed by atoms with Crippen LogP contribution in [0.5, 0.6) is 5.75 Å². The Hall–Kier alpha value is -3.81. The van der Waals surface area contributed by atoms with E-state index in [1.165, 1.54) is 30.5 Å². The third kappa shape index (κ3) is 5.51. The molecule has 2 aromatic heterocycles. The predicted molar refractivity (Wildman–Crippen MR) is 151 cm³/mol. The van der Waals surface area contributed by atoms with Crippen LogP contribution in [0.3, 0.4) is 0 Å². The number of aryl methyl sites for hydroxylation is 1. The SMILES string of the molecule is Cn1ccc(COc2ccc3nc([C@H]4CCCCC4C(=O)O)n(Cc4cccc(N5CCCCC5)c4)c3c2)n1. The lowest BCUT2D eigenvalue weighted by atomic mass is 9.78. The molecule has 39 heavy (non-hydrogen) atoms. The summed E-state index contributed by atoms with van der Waals surface area (Å²) in [6, 6.07) is 16.7. The van der Waals surface area contributed by atoms with E-state index in [2.05, 4.69) is 38.8 Å². The molecule has 8 heteroatoms. The van der Waals surface area contributed by atoms with Crippen molar-refractivity contribution in [1.82, 2.24) is 19.3 Å². The van der Waals surface area contributed by atoms with E-state index >= 15 is 0 Å². The van der Waals surface area contributed by atoms with Crippen molar-refractivity contribution < 1.29 is 14.6 Å². The van der Waals surface area contributed by atoms with Gasteiger partial charge in [0.1, 0.15) is 18.2 Å². The number of carboxylic acid groups (broad SMARTS) is 1.